The fourth-order valence-electron chi connectivity index (χ4n) is 2.09. The predicted molar refractivity (Wildman–Crippen MR) is 55.5 cm³/mol. The monoisotopic (exact) mass is 208 g/mol. The van der Waals surface area contributed by atoms with Crippen LogP contribution in [0.25, 0.3) is 0 Å². The van der Waals surface area contributed by atoms with Crippen molar-refractivity contribution < 1.29 is 4.79 Å². The summed E-state index contributed by atoms with van der Waals surface area (Å²) in [6.07, 6.45) is 3.20. The topological polar surface area (TPSA) is 61.9 Å². The van der Waals surface area contributed by atoms with Gasteiger partial charge in [-0.05, 0) is 26.2 Å². The van der Waals surface area contributed by atoms with Gasteiger partial charge in [-0.1, -0.05) is 6.92 Å². The number of rotatable bonds is 2. The molecule has 0 spiro atoms. The van der Waals surface area contributed by atoms with Crippen LogP contribution in [0.4, 0.5) is 0 Å². The number of hydrogen-bond donors (Lipinski definition) is 1. The van der Waals surface area contributed by atoms with Crippen molar-refractivity contribution in [3.8, 4) is 0 Å². The van der Waals surface area contributed by atoms with E-state index in [2.05, 4.69) is 22.1 Å². The van der Waals surface area contributed by atoms with Crippen molar-refractivity contribution in [2.24, 2.45) is 0 Å². The van der Waals surface area contributed by atoms with Crippen molar-refractivity contribution in [2.45, 2.75) is 39.2 Å². The lowest BCUT2D eigenvalue weighted by Crippen LogP contribution is -2.35. The first-order chi connectivity index (χ1) is 7.22. The van der Waals surface area contributed by atoms with E-state index in [0.29, 0.717) is 17.7 Å². The van der Waals surface area contributed by atoms with E-state index in [-0.39, 0.29) is 5.91 Å². The summed E-state index contributed by atoms with van der Waals surface area (Å²) in [7, 11) is 0. The van der Waals surface area contributed by atoms with Gasteiger partial charge in [0.2, 0.25) is 5.82 Å². The van der Waals surface area contributed by atoms with E-state index in [1.54, 1.807) is 6.92 Å². The highest BCUT2D eigenvalue weighted by Gasteiger charge is 2.29. The molecule has 2 rings (SSSR count). The van der Waals surface area contributed by atoms with Gasteiger partial charge < -0.3 is 4.90 Å². The summed E-state index contributed by atoms with van der Waals surface area (Å²) in [5.41, 5.74) is 0. The summed E-state index contributed by atoms with van der Waals surface area (Å²) in [5.74, 6) is 0.946. The lowest BCUT2D eigenvalue weighted by atomic mass is 10.2. The van der Waals surface area contributed by atoms with E-state index in [1.807, 2.05) is 4.90 Å². The zero-order valence-electron chi connectivity index (χ0n) is 9.16. The fourth-order valence-corrected chi connectivity index (χ4v) is 2.09. The summed E-state index contributed by atoms with van der Waals surface area (Å²) in [6.45, 7) is 4.75. The summed E-state index contributed by atoms with van der Waals surface area (Å²) in [6, 6.07) is 0.372. The van der Waals surface area contributed by atoms with Gasteiger partial charge in [-0.25, -0.2) is 4.98 Å². The highest BCUT2D eigenvalue weighted by atomic mass is 16.2. The second kappa shape index (κ2) is 4.00. The Kier molecular flexibility index (Phi) is 2.70. The number of aromatic amines is 1. The first-order valence-corrected chi connectivity index (χ1v) is 5.42. The average Bonchev–Trinajstić information content (AvgIpc) is 2.84. The molecule has 82 valence electrons. The van der Waals surface area contributed by atoms with Crippen LogP contribution in [0.3, 0.4) is 0 Å². The van der Waals surface area contributed by atoms with E-state index in [0.717, 1.165) is 25.8 Å². The molecule has 0 aliphatic carbocycles. The lowest BCUT2D eigenvalue weighted by molar-refractivity contribution is 0.0721. The van der Waals surface area contributed by atoms with Gasteiger partial charge in [-0.15, -0.1) is 5.10 Å². The number of carbonyl (C=O) groups is 1. The van der Waals surface area contributed by atoms with Crippen molar-refractivity contribution in [3.63, 3.8) is 0 Å². The Labute approximate surface area is 88.9 Å². The molecule has 1 aromatic rings. The molecule has 1 aliphatic rings. The van der Waals surface area contributed by atoms with Gasteiger partial charge in [-0.2, -0.15) is 0 Å². The fraction of sp³-hybridized carbons (Fsp3) is 0.700. The number of nitrogens with zero attached hydrogens (tertiary/aromatic N) is 3. The molecule has 1 aliphatic heterocycles. The van der Waals surface area contributed by atoms with Crippen LogP contribution in [0.5, 0.6) is 0 Å². The SMILES string of the molecule is CCC1CCCN1C(=O)c1n[nH]c(C)n1. The number of amides is 1. The average molecular weight is 208 g/mol. The van der Waals surface area contributed by atoms with Gasteiger partial charge in [-0.3, -0.25) is 9.89 Å². The van der Waals surface area contributed by atoms with Gasteiger partial charge in [0, 0.05) is 12.6 Å². The standard InChI is InChI=1S/C10H16N4O/c1-3-8-5-4-6-14(8)10(15)9-11-7(2)12-13-9/h8H,3-6H2,1-2H3,(H,11,12,13). The number of H-pyrrole nitrogens is 1. The first-order valence-electron chi connectivity index (χ1n) is 5.42. The Hall–Kier alpha value is -1.39. The normalized spacial score (nSPS) is 20.9. The molecule has 1 unspecified atom stereocenters. The van der Waals surface area contributed by atoms with Crippen LogP contribution in [-0.4, -0.2) is 38.6 Å². The second-order valence-electron chi connectivity index (χ2n) is 3.95. The van der Waals surface area contributed by atoms with Crippen LogP contribution >= 0.6 is 0 Å². The number of carbonyl (C=O) groups excluding carboxylic acids is 1. The molecule has 5 heteroatoms. The zero-order chi connectivity index (χ0) is 10.8. The third-order valence-electron chi connectivity index (χ3n) is 2.90. The molecule has 1 amide bonds. The quantitative estimate of drug-likeness (QED) is 0.792. The third-order valence-corrected chi connectivity index (χ3v) is 2.90. The summed E-state index contributed by atoms with van der Waals surface area (Å²) in [4.78, 5) is 18.0. The maximum atomic E-state index is 12.0. The molecule has 1 aromatic heterocycles. The van der Waals surface area contributed by atoms with Crippen LogP contribution in [0, 0.1) is 6.92 Å². The van der Waals surface area contributed by atoms with Crippen molar-refractivity contribution in [1.29, 1.82) is 0 Å². The van der Waals surface area contributed by atoms with Gasteiger partial charge in [0.15, 0.2) is 0 Å². The van der Waals surface area contributed by atoms with Crippen LogP contribution in [-0.2, 0) is 0 Å². The van der Waals surface area contributed by atoms with Crippen molar-refractivity contribution in [3.05, 3.63) is 11.6 Å². The molecule has 1 N–H and O–H groups in total. The maximum absolute atomic E-state index is 12.0. The summed E-state index contributed by atoms with van der Waals surface area (Å²) >= 11 is 0. The first kappa shape index (κ1) is 10.1. The third kappa shape index (κ3) is 1.86. The minimum absolute atomic E-state index is 0.0382. The second-order valence-corrected chi connectivity index (χ2v) is 3.95. The van der Waals surface area contributed by atoms with E-state index in [9.17, 15) is 4.79 Å². The lowest BCUT2D eigenvalue weighted by Gasteiger charge is -2.21. The van der Waals surface area contributed by atoms with Crippen molar-refractivity contribution in [1.82, 2.24) is 20.1 Å². The number of aryl methyl sites for hydroxylation is 1. The number of likely N-dealkylation sites (tertiary alicyclic amines) is 1. The van der Waals surface area contributed by atoms with Gasteiger partial charge in [0.05, 0.1) is 0 Å². The van der Waals surface area contributed by atoms with E-state index >= 15 is 0 Å². The molecule has 1 atom stereocenters. The minimum atomic E-state index is -0.0382. The Morgan fingerprint density at radius 3 is 3.07 bits per heavy atom. The molecule has 1 saturated heterocycles. The number of aromatic nitrogens is 3. The highest BCUT2D eigenvalue weighted by Crippen LogP contribution is 2.21. The van der Waals surface area contributed by atoms with Crippen LogP contribution in [0.15, 0.2) is 0 Å². The predicted octanol–water partition coefficient (Wildman–Crippen LogP) is 1.13. The Balaban J connectivity index is 2.13. The largest absolute Gasteiger partial charge is 0.333 e. The van der Waals surface area contributed by atoms with Gasteiger partial charge in [0.25, 0.3) is 5.91 Å². The van der Waals surface area contributed by atoms with E-state index < -0.39 is 0 Å². The van der Waals surface area contributed by atoms with Crippen molar-refractivity contribution >= 4 is 5.91 Å². The van der Waals surface area contributed by atoms with Gasteiger partial charge >= 0.3 is 0 Å². The van der Waals surface area contributed by atoms with Gasteiger partial charge in [0.1, 0.15) is 5.82 Å². The Morgan fingerprint density at radius 1 is 1.67 bits per heavy atom. The highest BCUT2D eigenvalue weighted by molar-refractivity contribution is 5.90. The zero-order valence-corrected chi connectivity index (χ0v) is 9.16. The molecule has 15 heavy (non-hydrogen) atoms. The van der Waals surface area contributed by atoms with Crippen LogP contribution in [0.2, 0.25) is 0 Å². The summed E-state index contributed by atoms with van der Waals surface area (Å²) < 4.78 is 0. The minimum Gasteiger partial charge on any atom is -0.333 e. The molecule has 5 nitrogen and oxygen atoms in total. The number of hydrogen-bond acceptors (Lipinski definition) is 3. The summed E-state index contributed by atoms with van der Waals surface area (Å²) in [5, 5.41) is 6.60. The molecule has 0 aromatic carbocycles. The Morgan fingerprint density at radius 2 is 2.47 bits per heavy atom. The number of nitrogens with one attached hydrogen (secondary N) is 1. The molecular weight excluding hydrogens is 192 g/mol. The van der Waals surface area contributed by atoms with E-state index in [4.69, 9.17) is 0 Å². The van der Waals surface area contributed by atoms with E-state index in [1.165, 1.54) is 0 Å². The molecule has 2 heterocycles. The molecule has 0 saturated carbocycles. The Bertz CT molecular complexity index is 360. The smallest absolute Gasteiger partial charge is 0.293 e. The van der Waals surface area contributed by atoms with Crippen molar-refractivity contribution in [2.75, 3.05) is 6.54 Å². The van der Waals surface area contributed by atoms with Crippen LogP contribution < -0.4 is 0 Å². The van der Waals surface area contributed by atoms with Crippen LogP contribution in [0.1, 0.15) is 42.6 Å². The molecule has 0 radical (unpaired) electrons. The molecular formula is C10H16N4O. The molecule has 0 bridgehead atoms. The maximum Gasteiger partial charge on any atom is 0.293 e. The molecule has 1 fully saturated rings.